The van der Waals surface area contributed by atoms with E-state index in [2.05, 4.69) is 15.0 Å². The van der Waals surface area contributed by atoms with Gasteiger partial charge in [-0.05, 0) is 20.8 Å². The number of aromatic nitrogens is 4. The molecule has 0 aliphatic carbocycles. The molecule has 0 radical (unpaired) electrons. The second kappa shape index (κ2) is 7.10. The van der Waals surface area contributed by atoms with E-state index in [4.69, 9.17) is 21.1 Å². The summed E-state index contributed by atoms with van der Waals surface area (Å²) in [4.78, 5) is 48.4. The summed E-state index contributed by atoms with van der Waals surface area (Å²) in [5.74, 6) is -2.29. The fraction of sp³-hybridized carbons (Fsp3) is 0.529. The largest absolute Gasteiger partial charge is 0.463 e. The number of fused-ring (bicyclic) bond motifs is 1. The molecular weight excluding hydrogens is 408 g/mol. The number of carbonyl (C=O) groups is 3. The Morgan fingerprint density at radius 3 is 2.38 bits per heavy atom. The Labute approximate surface area is 169 Å². The topological polar surface area (TPSA) is 154 Å². The molecule has 29 heavy (non-hydrogen) atoms. The molecule has 11 nitrogen and oxygen atoms in total. The zero-order valence-electron chi connectivity index (χ0n) is 16.0. The summed E-state index contributed by atoms with van der Waals surface area (Å²) in [6, 6.07) is 0. The highest BCUT2D eigenvalue weighted by molar-refractivity contribution is 6.33. The molecule has 0 saturated carbocycles. The zero-order chi connectivity index (χ0) is 21.7. The molecule has 2 aromatic rings. The van der Waals surface area contributed by atoms with Crippen LogP contribution in [0.15, 0.2) is 6.33 Å². The number of halogens is 1. The van der Waals surface area contributed by atoms with Crippen LogP contribution >= 0.6 is 11.6 Å². The standard InChI is InChI=1S/C17H19ClN4O7/c1-7(23)16(26)11(5-28-10(4)25)29-15(17(16,27)8(2)24)22-6-19-12-13(18)20-9(3)21-14(12)22/h6,11,15,26-27H,5H2,1-4H3/t11-,15-,16-,17+/m1/s1. The van der Waals surface area contributed by atoms with Gasteiger partial charge in [0, 0.05) is 6.92 Å². The van der Waals surface area contributed by atoms with Gasteiger partial charge < -0.3 is 19.7 Å². The molecule has 2 N–H and O–H groups in total. The predicted octanol–water partition coefficient (Wildman–Crippen LogP) is -0.111. The van der Waals surface area contributed by atoms with E-state index in [9.17, 15) is 24.6 Å². The molecule has 4 atom stereocenters. The third-order valence-corrected chi connectivity index (χ3v) is 5.22. The Balaban J connectivity index is 2.22. The van der Waals surface area contributed by atoms with Gasteiger partial charge in [-0.3, -0.25) is 19.0 Å². The van der Waals surface area contributed by atoms with E-state index in [1.807, 2.05) is 0 Å². The maximum atomic E-state index is 12.5. The van der Waals surface area contributed by atoms with Gasteiger partial charge in [-0.15, -0.1) is 0 Å². The van der Waals surface area contributed by atoms with Crippen molar-refractivity contribution in [2.45, 2.75) is 51.2 Å². The summed E-state index contributed by atoms with van der Waals surface area (Å²) in [5, 5.41) is 22.5. The number of hydrogen-bond acceptors (Lipinski definition) is 10. The van der Waals surface area contributed by atoms with Crippen LogP contribution in [0.2, 0.25) is 5.15 Å². The van der Waals surface area contributed by atoms with Gasteiger partial charge in [0.1, 0.15) is 24.1 Å². The third kappa shape index (κ3) is 3.01. The van der Waals surface area contributed by atoms with Crippen molar-refractivity contribution in [3.8, 4) is 0 Å². The first-order chi connectivity index (χ1) is 13.4. The number of nitrogens with zero attached hydrogens (tertiary/aromatic N) is 4. The Bertz CT molecular complexity index is 1020. The molecule has 3 rings (SSSR count). The van der Waals surface area contributed by atoms with E-state index in [1.165, 1.54) is 10.9 Å². The van der Waals surface area contributed by atoms with Crippen LogP contribution in [-0.2, 0) is 23.9 Å². The molecule has 0 spiro atoms. The first-order valence-electron chi connectivity index (χ1n) is 8.56. The van der Waals surface area contributed by atoms with Gasteiger partial charge in [-0.1, -0.05) is 11.6 Å². The van der Waals surface area contributed by atoms with Gasteiger partial charge in [0.25, 0.3) is 0 Å². The number of rotatable bonds is 5. The second-order valence-corrected chi connectivity index (χ2v) is 7.17. The summed E-state index contributed by atoms with van der Waals surface area (Å²) in [6.07, 6.45) is -1.94. The number of aliphatic hydroxyl groups is 2. The lowest BCUT2D eigenvalue weighted by Gasteiger charge is -2.37. The van der Waals surface area contributed by atoms with E-state index in [1.54, 1.807) is 6.92 Å². The fourth-order valence-electron chi connectivity index (χ4n) is 3.50. The number of ether oxygens (including phenoxy) is 2. The maximum Gasteiger partial charge on any atom is 0.302 e. The molecule has 1 fully saturated rings. The molecule has 0 bridgehead atoms. The van der Waals surface area contributed by atoms with Crippen LogP contribution in [0.25, 0.3) is 11.2 Å². The first kappa shape index (κ1) is 21.2. The number of carbonyl (C=O) groups excluding carboxylic acids is 3. The number of hydrogen-bond donors (Lipinski definition) is 2. The normalized spacial score (nSPS) is 29.2. The Morgan fingerprint density at radius 1 is 1.21 bits per heavy atom. The van der Waals surface area contributed by atoms with E-state index in [0.717, 1.165) is 20.8 Å². The van der Waals surface area contributed by atoms with Crippen molar-refractivity contribution in [1.82, 2.24) is 19.5 Å². The Kier molecular flexibility index (Phi) is 5.20. The monoisotopic (exact) mass is 426 g/mol. The first-order valence-corrected chi connectivity index (χ1v) is 8.94. The molecule has 12 heteroatoms. The van der Waals surface area contributed by atoms with E-state index >= 15 is 0 Å². The number of Topliss-reactive ketones (excluding diaryl/α,β-unsaturated/α-hetero) is 2. The smallest absolute Gasteiger partial charge is 0.302 e. The summed E-state index contributed by atoms with van der Waals surface area (Å²) in [7, 11) is 0. The Morgan fingerprint density at radius 2 is 1.83 bits per heavy atom. The van der Waals surface area contributed by atoms with Crippen molar-refractivity contribution >= 4 is 40.3 Å². The third-order valence-electron chi connectivity index (χ3n) is 4.95. The fourth-order valence-corrected chi connectivity index (χ4v) is 3.75. The molecule has 156 valence electrons. The molecule has 2 aromatic heterocycles. The summed E-state index contributed by atoms with van der Waals surface area (Å²) >= 11 is 6.08. The summed E-state index contributed by atoms with van der Waals surface area (Å²) in [6.45, 7) is 4.13. The summed E-state index contributed by atoms with van der Waals surface area (Å²) in [5.41, 5.74) is -5.13. The molecule has 0 aromatic carbocycles. The van der Waals surface area contributed by atoms with Crippen LogP contribution in [0.3, 0.4) is 0 Å². The molecule has 1 aliphatic heterocycles. The lowest BCUT2D eigenvalue weighted by Crippen LogP contribution is -2.66. The molecule has 1 aliphatic rings. The number of imidazole rings is 1. The average molecular weight is 427 g/mol. The van der Waals surface area contributed by atoms with Gasteiger partial charge in [-0.2, -0.15) is 0 Å². The van der Waals surface area contributed by atoms with Crippen molar-refractivity contribution in [3.63, 3.8) is 0 Å². The highest BCUT2D eigenvalue weighted by atomic mass is 35.5. The molecular formula is C17H19ClN4O7. The minimum Gasteiger partial charge on any atom is -0.463 e. The average Bonchev–Trinajstić information content (AvgIpc) is 3.12. The lowest BCUT2D eigenvalue weighted by molar-refractivity contribution is -0.182. The zero-order valence-corrected chi connectivity index (χ0v) is 16.8. The van der Waals surface area contributed by atoms with Crippen molar-refractivity contribution in [2.75, 3.05) is 6.61 Å². The van der Waals surface area contributed by atoms with Crippen LogP contribution in [0.4, 0.5) is 0 Å². The van der Waals surface area contributed by atoms with Crippen LogP contribution in [0, 0.1) is 6.92 Å². The van der Waals surface area contributed by atoms with Crippen molar-refractivity contribution < 1.29 is 34.1 Å². The molecule has 3 heterocycles. The summed E-state index contributed by atoms with van der Waals surface area (Å²) < 4.78 is 11.7. The van der Waals surface area contributed by atoms with Crippen LogP contribution in [-0.4, -0.2) is 71.2 Å². The van der Waals surface area contributed by atoms with Gasteiger partial charge in [-0.25, -0.2) is 15.0 Å². The van der Waals surface area contributed by atoms with E-state index < -0.39 is 47.7 Å². The van der Waals surface area contributed by atoms with Gasteiger partial charge >= 0.3 is 5.97 Å². The molecule has 0 amide bonds. The van der Waals surface area contributed by atoms with Crippen molar-refractivity contribution in [2.24, 2.45) is 0 Å². The van der Waals surface area contributed by atoms with Crippen LogP contribution in [0.5, 0.6) is 0 Å². The second-order valence-electron chi connectivity index (χ2n) is 6.81. The quantitative estimate of drug-likeness (QED) is 0.488. The van der Waals surface area contributed by atoms with Crippen molar-refractivity contribution in [3.05, 3.63) is 17.3 Å². The Hall–Kier alpha value is -2.47. The molecule has 1 saturated heterocycles. The van der Waals surface area contributed by atoms with E-state index in [-0.39, 0.29) is 22.1 Å². The number of aryl methyl sites for hydroxylation is 1. The maximum absolute atomic E-state index is 12.5. The molecule has 0 unspecified atom stereocenters. The van der Waals surface area contributed by atoms with Crippen LogP contribution < -0.4 is 0 Å². The lowest BCUT2D eigenvalue weighted by atomic mass is 9.75. The predicted molar refractivity (Wildman–Crippen MR) is 96.9 cm³/mol. The van der Waals surface area contributed by atoms with Gasteiger partial charge in [0.15, 0.2) is 34.2 Å². The highest BCUT2D eigenvalue weighted by Gasteiger charge is 2.72. The number of esters is 1. The van der Waals surface area contributed by atoms with Crippen LogP contribution in [0.1, 0.15) is 32.8 Å². The van der Waals surface area contributed by atoms with E-state index in [0.29, 0.717) is 0 Å². The minimum absolute atomic E-state index is 0.0360. The van der Waals surface area contributed by atoms with Crippen molar-refractivity contribution in [1.29, 1.82) is 0 Å². The van der Waals surface area contributed by atoms with Gasteiger partial charge in [0.2, 0.25) is 5.60 Å². The number of ketones is 2. The minimum atomic E-state index is -2.72. The SMILES string of the molecule is CC(=O)OC[C@H]1O[C@@H](n2cnc3c(Cl)nc(C)nc32)[C@@](O)(C(C)=O)[C@@]1(O)C(C)=O. The van der Waals surface area contributed by atoms with Gasteiger partial charge in [0.05, 0.1) is 6.33 Å². The highest BCUT2D eigenvalue weighted by Crippen LogP contribution is 2.48.